The van der Waals surface area contributed by atoms with Gasteiger partial charge in [0.15, 0.2) is 0 Å². The highest BCUT2D eigenvalue weighted by Gasteiger charge is 2.52. The molecule has 0 bridgehead atoms. The third kappa shape index (κ3) is 4.39. The maximum atomic E-state index is 13.0. The van der Waals surface area contributed by atoms with Gasteiger partial charge in [-0.3, -0.25) is 24.4 Å². The van der Waals surface area contributed by atoms with Crippen LogP contribution in [-0.4, -0.2) is 125 Å². The molecule has 3 heterocycles. The molecule has 1 aromatic rings. The third-order valence-corrected chi connectivity index (χ3v) is 6.34. The second kappa shape index (κ2) is 9.25. The minimum atomic E-state index is -0.554. The first-order valence-electron chi connectivity index (χ1n) is 10.9. The fourth-order valence-corrected chi connectivity index (χ4v) is 4.44. The first-order valence-corrected chi connectivity index (χ1v) is 10.9. The molecule has 1 unspecified atom stereocenters. The van der Waals surface area contributed by atoms with Crippen molar-refractivity contribution >= 4 is 23.6 Å². The van der Waals surface area contributed by atoms with E-state index in [9.17, 15) is 9.59 Å². The summed E-state index contributed by atoms with van der Waals surface area (Å²) in [6.45, 7) is 5.74. The van der Waals surface area contributed by atoms with Crippen LogP contribution in [0.25, 0.3) is 0 Å². The summed E-state index contributed by atoms with van der Waals surface area (Å²) in [6.07, 6.45) is 0.794. The van der Waals surface area contributed by atoms with Crippen LogP contribution in [0.1, 0.15) is 5.56 Å². The van der Waals surface area contributed by atoms with E-state index in [4.69, 9.17) is 10.1 Å². The normalized spacial score (nSPS) is 22.9. The predicted octanol–water partition coefficient (Wildman–Crippen LogP) is -0.445. The van der Waals surface area contributed by atoms with Gasteiger partial charge in [0.05, 0.1) is 13.2 Å². The Labute approximate surface area is 182 Å². The summed E-state index contributed by atoms with van der Waals surface area (Å²) < 4.78 is 2.07. The molecule has 1 N–H and O–H groups in total. The molecule has 3 aliphatic heterocycles. The molecule has 4 rings (SSSR count). The zero-order valence-corrected chi connectivity index (χ0v) is 18.3. The van der Waals surface area contributed by atoms with Gasteiger partial charge in [0, 0.05) is 53.2 Å². The van der Waals surface area contributed by atoms with Gasteiger partial charge in [-0.2, -0.15) is 0 Å². The number of hydrogen-bond donors (Lipinski definition) is 1. The third-order valence-electron chi connectivity index (χ3n) is 6.34. The first-order chi connectivity index (χ1) is 15.0. The number of piperazine rings is 1. The van der Waals surface area contributed by atoms with Crippen LogP contribution in [0, 0.1) is 0 Å². The van der Waals surface area contributed by atoms with Crippen LogP contribution in [0.5, 0.6) is 0 Å². The summed E-state index contributed by atoms with van der Waals surface area (Å²) in [5, 5.41) is 9.16. The Hall–Kier alpha value is -2.62. The van der Waals surface area contributed by atoms with E-state index in [1.807, 2.05) is 18.2 Å². The average molecular weight is 428 g/mol. The van der Waals surface area contributed by atoms with E-state index >= 15 is 0 Å². The topological polar surface area (TPSA) is 82.7 Å². The smallest absolute Gasteiger partial charge is 0.333 e. The van der Waals surface area contributed by atoms with Crippen molar-refractivity contribution in [1.29, 1.82) is 0 Å². The molecule has 1 aromatic carbocycles. The molecule has 1 atom stereocenters. The van der Waals surface area contributed by atoms with Gasteiger partial charge in [-0.15, -0.1) is 0 Å². The Balaban J connectivity index is 1.56. The van der Waals surface area contributed by atoms with Crippen LogP contribution in [0.4, 0.5) is 4.79 Å². The number of β-amino-alcohol motifs (C(OH)–C–C–N with tert-alkyl or cyclic N) is 1. The van der Waals surface area contributed by atoms with Crippen molar-refractivity contribution in [3.05, 3.63) is 35.9 Å². The zero-order chi connectivity index (χ0) is 22.0. The molecule has 0 aliphatic carbocycles. The Morgan fingerprint density at radius 1 is 1.03 bits per heavy atom. The van der Waals surface area contributed by atoms with Gasteiger partial charge in [-0.1, -0.05) is 30.3 Å². The van der Waals surface area contributed by atoms with Crippen LogP contribution in [0.2, 0.25) is 0 Å². The number of urea groups is 1. The van der Waals surface area contributed by atoms with E-state index in [-0.39, 0.29) is 18.5 Å². The van der Waals surface area contributed by atoms with E-state index < -0.39 is 6.04 Å². The van der Waals surface area contributed by atoms with E-state index in [2.05, 4.69) is 26.5 Å². The van der Waals surface area contributed by atoms with Gasteiger partial charge in [0.25, 0.3) is 17.8 Å². The van der Waals surface area contributed by atoms with Gasteiger partial charge in [-0.05, 0) is 10.6 Å². The SMILES string of the molecule is CN1C(=O)C2C(=NC(CN3CCN(CCO)CC3)=[N+]2CCc2ccccc2)N(C)C1=O. The standard InChI is InChI=1S/C22H31N6O3/c1-24-20-19(21(30)25(2)22(24)31)28(9-8-17-6-4-3-5-7-17)18(23-20)16-27-12-10-26(11-13-27)14-15-29/h3-7,19,29H,8-16H2,1-2H3/q+1. The maximum Gasteiger partial charge on any atom is 0.333 e. The van der Waals surface area contributed by atoms with Gasteiger partial charge in [-0.25, -0.2) is 9.37 Å². The summed E-state index contributed by atoms with van der Waals surface area (Å²) in [7, 11) is 3.22. The second-order valence-corrected chi connectivity index (χ2v) is 8.30. The van der Waals surface area contributed by atoms with Gasteiger partial charge < -0.3 is 5.11 Å². The monoisotopic (exact) mass is 427 g/mol. The van der Waals surface area contributed by atoms with Crippen molar-refractivity contribution in [2.75, 3.05) is 66.5 Å². The second-order valence-electron chi connectivity index (χ2n) is 8.30. The Bertz CT molecular complexity index is 892. The number of hydrogen-bond acceptors (Lipinski definition) is 6. The number of carbonyl (C=O) groups excluding carboxylic acids is 2. The molecule has 2 fully saturated rings. The highest BCUT2D eigenvalue weighted by Crippen LogP contribution is 2.20. The average Bonchev–Trinajstić information content (AvgIpc) is 3.15. The first kappa shape index (κ1) is 21.6. The lowest BCUT2D eigenvalue weighted by atomic mass is 10.1. The van der Waals surface area contributed by atoms with Crippen molar-refractivity contribution < 1.29 is 19.3 Å². The number of benzene rings is 1. The number of amides is 3. The lowest BCUT2D eigenvalue weighted by Gasteiger charge is -2.33. The molecule has 0 radical (unpaired) electrons. The number of carbonyl (C=O) groups is 2. The summed E-state index contributed by atoms with van der Waals surface area (Å²) in [5.74, 6) is 1.14. The fraction of sp³-hybridized carbons (Fsp3) is 0.545. The molecular formula is C22H31N6O3+. The number of likely N-dealkylation sites (N-methyl/N-ethyl adjacent to an activating group) is 2. The number of imide groups is 1. The van der Waals surface area contributed by atoms with Crippen LogP contribution in [0.3, 0.4) is 0 Å². The highest BCUT2D eigenvalue weighted by atomic mass is 16.3. The van der Waals surface area contributed by atoms with Gasteiger partial charge in [0.2, 0.25) is 0 Å². The number of nitrogens with zero attached hydrogens (tertiary/aromatic N) is 6. The fourth-order valence-electron chi connectivity index (χ4n) is 4.44. The Morgan fingerprint density at radius 2 is 1.71 bits per heavy atom. The summed E-state index contributed by atoms with van der Waals surface area (Å²) in [5.41, 5.74) is 1.20. The molecule has 9 nitrogen and oxygen atoms in total. The number of amidine groups is 2. The number of aliphatic hydroxyl groups is 1. The van der Waals surface area contributed by atoms with E-state index in [0.717, 1.165) is 38.4 Å². The number of rotatable bonds is 7. The number of fused-ring (bicyclic) bond motifs is 1. The lowest BCUT2D eigenvalue weighted by molar-refractivity contribution is -0.535. The largest absolute Gasteiger partial charge is 0.395 e. The Morgan fingerprint density at radius 3 is 2.39 bits per heavy atom. The van der Waals surface area contributed by atoms with E-state index in [0.29, 0.717) is 25.5 Å². The molecule has 3 aliphatic rings. The molecule has 166 valence electrons. The van der Waals surface area contributed by atoms with Gasteiger partial charge in [0.1, 0.15) is 6.54 Å². The van der Waals surface area contributed by atoms with Crippen molar-refractivity contribution in [3.63, 3.8) is 0 Å². The molecule has 3 amide bonds. The molecule has 2 saturated heterocycles. The van der Waals surface area contributed by atoms with Crippen LogP contribution >= 0.6 is 0 Å². The molecule has 31 heavy (non-hydrogen) atoms. The molecular weight excluding hydrogens is 396 g/mol. The van der Waals surface area contributed by atoms with Crippen molar-refractivity contribution in [2.45, 2.75) is 12.5 Å². The maximum absolute atomic E-state index is 13.0. The molecule has 0 aromatic heterocycles. The molecule has 9 heteroatoms. The molecule has 0 spiro atoms. The lowest BCUT2D eigenvalue weighted by Crippen LogP contribution is -2.61. The van der Waals surface area contributed by atoms with Crippen LogP contribution in [0.15, 0.2) is 35.3 Å². The zero-order valence-electron chi connectivity index (χ0n) is 18.3. The quantitative estimate of drug-likeness (QED) is 0.597. The van der Waals surface area contributed by atoms with Gasteiger partial charge >= 0.3 is 11.9 Å². The predicted molar refractivity (Wildman–Crippen MR) is 117 cm³/mol. The number of aliphatic imine (C=N–C) groups is 1. The van der Waals surface area contributed by atoms with Crippen molar-refractivity contribution in [2.24, 2.45) is 4.99 Å². The van der Waals surface area contributed by atoms with E-state index in [1.165, 1.54) is 22.4 Å². The summed E-state index contributed by atoms with van der Waals surface area (Å²) in [4.78, 5) is 37.5. The summed E-state index contributed by atoms with van der Waals surface area (Å²) in [6, 6.07) is 9.30. The Kier molecular flexibility index (Phi) is 6.45. The van der Waals surface area contributed by atoms with Crippen LogP contribution in [-0.2, 0) is 11.2 Å². The van der Waals surface area contributed by atoms with Crippen LogP contribution < -0.4 is 0 Å². The van der Waals surface area contributed by atoms with Crippen molar-refractivity contribution in [3.8, 4) is 0 Å². The highest BCUT2D eigenvalue weighted by molar-refractivity contribution is 6.23. The minimum Gasteiger partial charge on any atom is -0.395 e. The number of aliphatic hydroxyl groups excluding tert-OH is 1. The van der Waals surface area contributed by atoms with E-state index in [1.54, 1.807) is 7.05 Å². The van der Waals surface area contributed by atoms with Crippen molar-refractivity contribution in [1.82, 2.24) is 19.6 Å². The summed E-state index contributed by atoms with van der Waals surface area (Å²) >= 11 is 0. The minimum absolute atomic E-state index is 0.177. The molecule has 0 saturated carbocycles.